The van der Waals surface area contributed by atoms with Crippen LogP contribution < -0.4 is 0 Å². The summed E-state index contributed by atoms with van der Waals surface area (Å²) in [6.45, 7) is 10.9. The van der Waals surface area contributed by atoms with E-state index in [9.17, 15) is 4.79 Å². The molecule has 5 fully saturated rings. The van der Waals surface area contributed by atoms with E-state index in [2.05, 4.69) is 32.6 Å². The molecule has 9 atom stereocenters. The number of carbonyl (C=O) groups is 1. The summed E-state index contributed by atoms with van der Waals surface area (Å²) >= 11 is 0. The number of amides is 1. The first-order valence-electron chi connectivity index (χ1n) is 14.2. The first-order chi connectivity index (χ1) is 14.9. The Hall–Kier alpha value is -0.530. The largest absolute Gasteiger partial charge is 0.339 e. The molecule has 1 aliphatic heterocycles. The number of hydrogen-bond acceptors (Lipinski definition) is 1. The molecular formula is C29H49NO. The van der Waals surface area contributed by atoms with E-state index in [1.807, 2.05) is 0 Å². The minimum Gasteiger partial charge on any atom is -0.339 e. The van der Waals surface area contributed by atoms with Crippen LogP contribution in [0.4, 0.5) is 0 Å². The molecule has 1 saturated heterocycles. The van der Waals surface area contributed by atoms with Crippen molar-refractivity contribution in [2.75, 3.05) is 6.54 Å². The summed E-state index contributed by atoms with van der Waals surface area (Å²) in [6, 6.07) is 0.517. The van der Waals surface area contributed by atoms with Crippen LogP contribution in [0.2, 0.25) is 0 Å². The zero-order valence-corrected chi connectivity index (χ0v) is 21.0. The van der Waals surface area contributed by atoms with Gasteiger partial charge in [-0.2, -0.15) is 0 Å². The maximum Gasteiger partial charge on any atom is 0.226 e. The summed E-state index contributed by atoms with van der Waals surface area (Å²) in [5.74, 6) is 5.48. The number of likely N-dealkylation sites (tertiary alicyclic amines) is 1. The molecule has 5 aliphatic rings. The van der Waals surface area contributed by atoms with Crippen LogP contribution in [0, 0.1) is 46.3 Å². The van der Waals surface area contributed by atoms with Crippen LogP contribution in [0.3, 0.4) is 0 Å². The fraction of sp³-hybridized carbons (Fsp3) is 0.966. The van der Waals surface area contributed by atoms with Gasteiger partial charge in [0.25, 0.3) is 0 Å². The number of rotatable bonds is 3. The highest BCUT2D eigenvalue weighted by Crippen LogP contribution is 2.68. The van der Waals surface area contributed by atoms with E-state index in [1.54, 1.807) is 0 Å². The zero-order valence-electron chi connectivity index (χ0n) is 21.0. The molecule has 0 aromatic heterocycles. The van der Waals surface area contributed by atoms with Gasteiger partial charge in [0.2, 0.25) is 5.91 Å². The Kier molecular flexibility index (Phi) is 6.00. The number of carbonyl (C=O) groups excluding carboxylic acids is 1. The number of hydrogen-bond donors (Lipinski definition) is 0. The first kappa shape index (κ1) is 22.3. The zero-order chi connectivity index (χ0) is 21.8. The summed E-state index contributed by atoms with van der Waals surface area (Å²) in [7, 11) is 0. The third kappa shape index (κ3) is 3.35. The second-order valence-electron chi connectivity index (χ2n) is 12.9. The molecule has 4 aliphatic carbocycles. The molecule has 1 amide bonds. The normalized spacial score (nSPS) is 49.8. The van der Waals surface area contributed by atoms with Gasteiger partial charge in [-0.05, 0) is 124 Å². The maximum atomic E-state index is 13.9. The van der Waals surface area contributed by atoms with E-state index < -0.39 is 0 Å². The average molecular weight is 428 g/mol. The van der Waals surface area contributed by atoms with Crippen LogP contribution in [-0.4, -0.2) is 23.4 Å². The Bertz CT molecular complexity index is 674. The Labute approximate surface area is 192 Å². The van der Waals surface area contributed by atoms with Crippen molar-refractivity contribution in [1.82, 2.24) is 4.90 Å². The molecule has 0 radical (unpaired) electrons. The number of fused-ring (bicyclic) bond motifs is 5. The summed E-state index contributed by atoms with van der Waals surface area (Å²) in [4.78, 5) is 16.2. The highest BCUT2D eigenvalue weighted by Gasteiger charge is 2.62. The van der Waals surface area contributed by atoms with E-state index in [4.69, 9.17) is 0 Å². The number of piperidine rings is 1. The molecule has 1 heterocycles. The Morgan fingerprint density at radius 3 is 2.55 bits per heavy atom. The Balaban J connectivity index is 1.37. The lowest BCUT2D eigenvalue weighted by atomic mass is 9.43. The van der Waals surface area contributed by atoms with E-state index in [1.165, 1.54) is 83.5 Å². The summed E-state index contributed by atoms with van der Waals surface area (Å²) in [5.41, 5.74) is 0.913. The van der Waals surface area contributed by atoms with Gasteiger partial charge in [0.1, 0.15) is 0 Å². The van der Waals surface area contributed by atoms with Gasteiger partial charge in [0.15, 0.2) is 0 Å². The van der Waals surface area contributed by atoms with Crippen molar-refractivity contribution in [3.63, 3.8) is 0 Å². The standard InChI is InChI=1S/C29H49NO/c1-5-22-9-7-8-18-30(22)27(31)26-13-12-24-23-11-10-21-19-20(3)14-17-29(21,6-2)25(23)15-16-28(24,26)4/h20-26H,5-19H2,1-4H3. The molecule has 0 aromatic carbocycles. The second kappa shape index (κ2) is 8.35. The molecule has 0 N–H and O–H groups in total. The molecule has 2 nitrogen and oxygen atoms in total. The molecule has 0 spiro atoms. The predicted molar refractivity (Wildman–Crippen MR) is 129 cm³/mol. The van der Waals surface area contributed by atoms with Crippen molar-refractivity contribution in [2.24, 2.45) is 46.3 Å². The van der Waals surface area contributed by atoms with Crippen molar-refractivity contribution >= 4 is 5.91 Å². The van der Waals surface area contributed by atoms with E-state index in [0.29, 0.717) is 23.3 Å². The molecule has 0 bridgehead atoms. The van der Waals surface area contributed by atoms with Gasteiger partial charge in [-0.1, -0.05) is 34.1 Å². The maximum absolute atomic E-state index is 13.9. The van der Waals surface area contributed by atoms with Crippen molar-refractivity contribution in [2.45, 2.75) is 124 Å². The first-order valence-corrected chi connectivity index (χ1v) is 14.2. The monoisotopic (exact) mass is 427 g/mol. The summed E-state index contributed by atoms with van der Waals surface area (Å²) in [5, 5.41) is 0. The average Bonchev–Trinajstić information content (AvgIpc) is 3.15. The highest BCUT2D eigenvalue weighted by molar-refractivity contribution is 5.80. The van der Waals surface area contributed by atoms with Gasteiger partial charge in [0.05, 0.1) is 0 Å². The Morgan fingerprint density at radius 2 is 1.77 bits per heavy atom. The predicted octanol–water partition coefficient (Wildman–Crippen LogP) is 7.46. The van der Waals surface area contributed by atoms with Crippen LogP contribution in [0.5, 0.6) is 0 Å². The highest BCUT2D eigenvalue weighted by atomic mass is 16.2. The fourth-order valence-electron chi connectivity index (χ4n) is 10.3. The lowest BCUT2D eigenvalue weighted by Gasteiger charge is -2.62. The van der Waals surface area contributed by atoms with Crippen molar-refractivity contribution in [3.8, 4) is 0 Å². The topological polar surface area (TPSA) is 20.3 Å². The number of nitrogens with zero attached hydrogens (tertiary/aromatic N) is 1. The van der Waals surface area contributed by atoms with Crippen LogP contribution in [0.15, 0.2) is 0 Å². The molecule has 4 saturated carbocycles. The molecule has 31 heavy (non-hydrogen) atoms. The van der Waals surface area contributed by atoms with Gasteiger partial charge in [-0.3, -0.25) is 4.79 Å². The van der Waals surface area contributed by atoms with Crippen LogP contribution in [0.25, 0.3) is 0 Å². The molecule has 9 unspecified atom stereocenters. The van der Waals surface area contributed by atoms with E-state index >= 15 is 0 Å². The SMILES string of the molecule is CCC1CCCCN1C(=O)C1CCC2C3CCC4CC(C)CCC4(CC)C3CCC12C. The molecule has 0 aromatic rings. The third-order valence-electron chi connectivity index (χ3n) is 12.0. The molecule has 5 rings (SSSR count). The van der Waals surface area contributed by atoms with E-state index in [-0.39, 0.29) is 5.41 Å². The molecular weight excluding hydrogens is 378 g/mol. The fourth-order valence-corrected chi connectivity index (χ4v) is 10.3. The van der Waals surface area contributed by atoms with Gasteiger partial charge < -0.3 is 4.90 Å². The van der Waals surface area contributed by atoms with Crippen LogP contribution >= 0.6 is 0 Å². The summed E-state index contributed by atoms with van der Waals surface area (Å²) < 4.78 is 0. The van der Waals surface area contributed by atoms with Gasteiger partial charge >= 0.3 is 0 Å². The van der Waals surface area contributed by atoms with Crippen LogP contribution in [0.1, 0.15) is 118 Å². The minimum absolute atomic E-state index is 0.276. The van der Waals surface area contributed by atoms with Gasteiger partial charge in [0, 0.05) is 18.5 Å². The third-order valence-corrected chi connectivity index (χ3v) is 12.0. The van der Waals surface area contributed by atoms with Gasteiger partial charge in [-0.25, -0.2) is 0 Å². The van der Waals surface area contributed by atoms with E-state index in [0.717, 1.165) is 42.6 Å². The molecule has 176 valence electrons. The van der Waals surface area contributed by atoms with Gasteiger partial charge in [-0.15, -0.1) is 0 Å². The van der Waals surface area contributed by atoms with Crippen molar-refractivity contribution in [1.29, 1.82) is 0 Å². The van der Waals surface area contributed by atoms with Crippen molar-refractivity contribution < 1.29 is 4.79 Å². The van der Waals surface area contributed by atoms with Crippen molar-refractivity contribution in [3.05, 3.63) is 0 Å². The second-order valence-corrected chi connectivity index (χ2v) is 12.9. The quantitative estimate of drug-likeness (QED) is 0.457. The molecule has 2 heteroatoms. The lowest BCUT2D eigenvalue weighted by molar-refractivity contribution is -0.152. The minimum atomic E-state index is 0.276. The Morgan fingerprint density at radius 1 is 0.935 bits per heavy atom. The van der Waals surface area contributed by atoms with Crippen LogP contribution in [-0.2, 0) is 4.79 Å². The smallest absolute Gasteiger partial charge is 0.226 e. The lowest BCUT2D eigenvalue weighted by Crippen LogP contribution is -2.56. The summed E-state index contributed by atoms with van der Waals surface area (Å²) in [6.07, 6.45) is 19.0.